The molecule has 2 aliphatic carbocycles. The standard InChI is InChI=1S/C49H33NO/c1-2-14-34(15-3-1)50-45-24-12-8-20-39(45)40-28-26-33(31-46(40)50)36-17-5-4-16-35(36)32-27-29-48-44(30-32)49(43-23-11-13-25-47(43)51-48)41-21-9-6-18-37(41)38-19-7-10-22-42(38)49/h1-31,43,47H. The first-order chi connectivity index (χ1) is 25.3. The Bertz CT molecular complexity index is 2700. The molecule has 0 bridgehead atoms. The van der Waals surface area contributed by atoms with Gasteiger partial charge in [-0.25, -0.2) is 0 Å². The molecular formula is C49H33NO. The first kappa shape index (κ1) is 28.5. The summed E-state index contributed by atoms with van der Waals surface area (Å²) in [6.07, 6.45) is 8.87. The van der Waals surface area contributed by atoms with Crippen molar-refractivity contribution in [3.05, 3.63) is 205 Å². The van der Waals surface area contributed by atoms with Crippen molar-refractivity contribution in [3.8, 4) is 44.8 Å². The highest BCUT2D eigenvalue weighted by atomic mass is 16.5. The number of fused-ring (bicyclic) bond motifs is 12. The van der Waals surface area contributed by atoms with E-state index in [0.29, 0.717) is 0 Å². The number of aromatic nitrogens is 1. The van der Waals surface area contributed by atoms with Gasteiger partial charge in [0.15, 0.2) is 0 Å². The van der Waals surface area contributed by atoms with Gasteiger partial charge in [0.05, 0.1) is 16.4 Å². The van der Waals surface area contributed by atoms with Gasteiger partial charge in [-0.1, -0.05) is 146 Å². The van der Waals surface area contributed by atoms with Crippen molar-refractivity contribution in [2.75, 3.05) is 0 Å². The molecule has 2 heteroatoms. The average molecular weight is 652 g/mol. The Labute approximate surface area is 297 Å². The lowest BCUT2D eigenvalue weighted by atomic mass is 9.60. The monoisotopic (exact) mass is 651 g/mol. The third-order valence-electron chi connectivity index (χ3n) is 11.5. The predicted molar refractivity (Wildman–Crippen MR) is 210 cm³/mol. The van der Waals surface area contributed by atoms with Crippen LogP contribution in [0.1, 0.15) is 16.7 Å². The zero-order valence-electron chi connectivity index (χ0n) is 27.9. The van der Waals surface area contributed by atoms with Crippen molar-refractivity contribution in [1.29, 1.82) is 0 Å². The van der Waals surface area contributed by atoms with Crippen LogP contribution in [0, 0.1) is 5.92 Å². The highest BCUT2D eigenvalue weighted by molar-refractivity contribution is 6.10. The third kappa shape index (κ3) is 3.93. The third-order valence-corrected chi connectivity index (χ3v) is 11.5. The van der Waals surface area contributed by atoms with Crippen LogP contribution >= 0.6 is 0 Å². The molecule has 51 heavy (non-hydrogen) atoms. The fourth-order valence-electron chi connectivity index (χ4n) is 9.42. The van der Waals surface area contributed by atoms with E-state index in [4.69, 9.17) is 4.74 Å². The number of ether oxygens (including phenoxy) is 1. The van der Waals surface area contributed by atoms with Crippen molar-refractivity contribution < 1.29 is 4.74 Å². The summed E-state index contributed by atoms with van der Waals surface area (Å²) in [5.41, 5.74) is 14.6. The normalized spacial score (nSPS) is 17.6. The summed E-state index contributed by atoms with van der Waals surface area (Å²) >= 11 is 0. The summed E-state index contributed by atoms with van der Waals surface area (Å²) in [4.78, 5) is 0. The van der Waals surface area contributed by atoms with Gasteiger partial charge in [-0.15, -0.1) is 0 Å². The molecule has 2 unspecified atom stereocenters. The number of benzene rings is 7. The van der Waals surface area contributed by atoms with E-state index in [2.05, 4.69) is 193 Å². The van der Waals surface area contributed by atoms with E-state index < -0.39 is 0 Å². The number of nitrogens with zero attached hydrogens (tertiary/aromatic N) is 1. The zero-order chi connectivity index (χ0) is 33.5. The Hall–Kier alpha value is -6.38. The van der Waals surface area contributed by atoms with Gasteiger partial charge in [0.1, 0.15) is 11.9 Å². The highest BCUT2D eigenvalue weighted by Gasteiger charge is 2.55. The molecular weight excluding hydrogens is 619 g/mol. The SMILES string of the molecule is C1=CC2Oc3ccc(-c4ccccc4-c4ccc5c6ccccc6n(-c6ccccc6)c5c4)cc3C3(c4ccccc4-c4ccccc43)C2C=C1. The molecule has 7 aromatic carbocycles. The molecule has 11 rings (SSSR count). The lowest BCUT2D eigenvalue weighted by Crippen LogP contribution is -2.47. The summed E-state index contributed by atoms with van der Waals surface area (Å²) in [5.74, 6) is 1.07. The molecule has 0 saturated heterocycles. The van der Waals surface area contributed by atoms with Crippen LogP contribution < -0.4 is 4.74 Å². The maximum atomic E-state index is 6.85. The molecule has 1 aliphatic heterocycles. The minimum atomic E-state index is -0.382. The van der Waals surface area contributed by atoms with Gasteiger partial charge >= 0.3 is 0 Å². The number of hydrogen-bond acceptors (Lipinski definition) is 1. The molecule has 8 aromatic rings. The molecule has 2 nitrogen and oxygen atoms in total. The molecule has 3 aliphatic rings. The Morgan fingerprint density at radius 3 is 1.80 bits per heavy atom. The quantitative estimate of drug-likeness (QED) is 0.185. The maximum absolute atomic E-state index is 6.85. The highest BCUT2D eigenvalue weighted by Crippen LogP contribution is 2.62. The molecule has 240 valence electrons. The Morgan fingerprint density at radius 1 is 0.451 bits per heavy atom. The van der Waals surface area contributed by atoms with Crippen LogP contribution in [0.3, 0.4) is 0 Å². The van der Waals surface area contributed by atoms with Crippen LogP contribution in [-0.4, -0.2) is 10.7 Å². The van der Waals surface area contributed by atoms with Gasteiger partial charge in [-0.05, 0) is 87.0 Å². The van der Waals surface area contributed by atoms with Crippen molar-refractivity contribution in [3.63, 3.8) is 0 Å². The van der Waals surface area contributed by atoms with Crippen LogP contribution in [0.15, 0.2) is 188 Å². The second-order valence-corrected chi connectivity index (χ2v) is 14.0. The molecule has 0 N–H and O–H groups in total. The summed E-state index contributed by atoms with van der Waals surface area (Å²) in [6.45, 7) is 0. The van der Waals surface area contributed by atoms with Crippen LogP contribution in [0.25, 0.3) is 60.9 Å². The molecule has 0 saturated carbocycles. The van der Waals surface area contributed by atoms with E-state index in [-0.39, 0.29) is 17.4 Å². The van der Waals surface area contributed by atoms with E-state index in [1.54, 1.807) is 0 Å². The average Bonchev–Trinajstić information content (AvgIpc) is 3.69. The topological polar surface area (TPSA) is 14.2 Å². The largest absolute Gasteiger partial charge is 0.485 e. The van der Waals surface area contributed by atoms with E-state index in [9.17, 15) is 0 Å². The second kappa shape index (κ2) is 10.8. The van der Waals surface area contributed by atoms with E-state index in [0.717, 1.165) is 11.4 Å². The molecule has 2 atom stereocenters. The van der Waals surface area contributed by atoms with Gasteiger partial charge in [0.2, 0.25) is 0 Å². The molecule has 2 heterocycles. The first-order valence-corrected chi connectivity index (χ1v) is 17.8. The summed E-state index contributed by atoms with van der Waals surface area (Å²) < 4.78 is 9.25. The number of para-hydroxylation sites is 2. The fourth-order valence-corrected chi connectivity index (χ4v) is 9.42. The molecule has 0 radical (unpaired) electrons. The predicted octanol–water partition coefficient (Wildman–Crippen LogP) is 11.9. The molecule has 1 spiro atoms. The van der Waals surface area contributed by atoms with Gasteiger partial charge in [0.25, 0.3) is 0 Å². The van der Waals surface area contributed by atoms with Crippen molar-refractivity contribution in [2.24, 2.45) is 5.92 Å². The summed E-state index contributed by atoms with van der Waals surface area (Å²) in [5, 5.41) is 2.52. The Morgan fingerprint density at radius 2 is 1.04 bits per heavy atom. The van der Waals surface area contributed by atoms with Gasteiger partial charge in [-0.3, -0.25) is 0 Å². The maximum Gasteiger partial charge on any atom is 0.125 e. The Kier molecular flexibility index (Phi) is 6.03. The van der Waals surface area contributed by atoms with E-state index in [1.807, 2.05) is 0 Å². The number of allylic oxidation sites excluding steroid dienone is 2. The van der Waals surface area contributed by atoms with E-state index >= 15 is 0 Å². The van der Waals surface area contributed by atoms with Gasteiger partial charge in [-0.2, -0.15) is 0 Å². The fraction of sp³-hybridized carbons (Fsp3) is 0.0612. The second-order valence-electron chi connectivity index (χ2n) is 14.0. The molecule has 0 amide bonds. The first-order valence-electron chi connectivity index (χ1n) is 17.8. The van der Waals surface area contributed by atoms with Gasteiger partial charge < -0.3 is 9.30 Å². The molecule has 0 fully saturated rings. The lowest BCUT2D eigenvalue weighted by Gasteiger charge is -2.47. The molecule has 1 aromatic heterocycles. The smallest absolute Gasteiger partial charge is 0.125 e. The minimum Gasteiger partial charge on any atom is -0.485 e. The number of rotatable bonds is 3. The van der Waals surface area contributed by atoms with Crippen LogP contribution in [0.2, 0.25) is 0 Å². The van der Waals surface area contributed by atoms with E-state index in [1.165, 1.54) is 71.9 Å². The van der Waals surface area contributed by atoms with Crippen molar-refractivity contribution in [1.82, 2.24) is 4.57 Å². The lowest BCUT2D eigenvalue weighted by molar-refractivity contribution is 0.141. The van der Waals surface area contributed by atoms with Crippen molar-refractivity contribution >= 4 is 21.8 Å². The minimum absolute atomic E-state index is 0.0528. The van der Waals surface area contributed by atoms with Crippen LogP contribution in [0.5, 0.6) is 5.75 Å². The van der Waals surface area contributed by atoms with Crippen LogP contribution in [0.4, 0.5) is 0 Å². The Balaban J connectivity index is 1.14. The van der Waals surface area contributed by atoms with Gasteiger partial charge in [0, 0.05) is 27.9 Å². The summed E-state index contributed by atoms with van der Waals surface area (Å²) in [7, 11) is 0. The zero-order valence-corrected chi connectivity index (χ0v) is 27.9. The van der Waals surface area contributed by atoms with Crippen molar-refractivity contribution in [2.45, 2.75) is 11.5 Å². The summed E-state index contributed by atoms with van der Waals surface area (Å²) in [6, 6.07) is 60.1. The van der Waals surface area contributed by atoms with Crippen LogP contribution in [-0.2, 0) is 5.41 Å². The number of hydrogen-bond donors (Lipinski definition) is 0.